The lowest BCUT2D eigenvalue weighted by atomic mass is 10.1. The van der Waals surface area contributed by atoms with Gasteiger partial charge in [0.1, 0.15) is 6.07 Å². The fourth-order valence-electron chi connectivity index (χ4n) is 0.928. The van der Waals surface area contributed by atoms with Crippen LogP contribution in [0.3, 0.4) is 0 Å². The van der Waals surface area contributed by atoms with Crippen molar-refractivity contribution in [3.05, 3.63) is 31.9 Å². The second kappa shape index (κ2) is 4.62. The highest BCUT2D eigenvalue weighted by Gasteiger charge is 2.17. The Bertz CT molecular complexity index is 426. The van der Waals surface area contributed by atoms with Crippen LogP contribution in [-0.2, 0) is 4.74 Å². The maximum Gasteiger partial charge on any atom is 0.340 e. The summed E-state index contributed by atoms with van der Waals surface area (Å²) in [6, 6.07) is 5.04. The Morgan fingerprint density at radius 2 is 2.29 bits per heavy atom. The van der Waals surface area contributed by atoms with Gasteiger partial charge in [0.05, 0.1) is 23.3 Å². The van der Waals surface area contributed by atoms with Crippen LogP contribution in [0.15, 0.2) is 12.1 Å². The summed E-state index contributed by atoms with van der Waals surface area (Å²) in [5.41, 5.74) is 0.657. The molecule has 0 fully saturated rings. The standard InChI is InChI=1S/C9H5ClINO2/c1-14-9(13)7-6(10)3-2-5(4-12)8(7)11/h2-3H,1H3. The highest BCUT2D eigenvalue weighted by atomic mass is 127. The summed E-state index contributed by atoms with van der Waals surface area (Å²) in [7, 11) is 1.27. The summed E-state index contributed by atoms with van der Waals surface area (Å²) >= 11 is 7.71. The molecule has 5 heteroatoms. The Balaban J connectivity index is 3.42. The average molecular weight is 322 g/mol. The first-order chi connectivity index (χ1) is 6.61. The van der Waals surface area contributed by atoms with Crippen molar-refractivity contribution in [2.45, 2.75) is 0 Å². The van der Waals surface area contributed by atoms with Crippen LogP contribution in [0.25, 0.3) is 0 Å². The van der Waals surface area contributed by atoms with Crippen molar-refractivity contribution in [2.24, 2.45) is 0 Å². The molecular formula is C9H5ClINO2. The number of hydrogen-bond donors (Lipinski definition) is 0. The molecular weight excluding hydrogens is 316 g/mol. The second-order valence-corrected chi connectivity index (χ2v) is 3.87. The van der Waals surface area contributed by atoms with Crippen molar-refractivity contribution in [3.8, 4) is 6.07 Å². The Kier molecular flexibility index (Phi) is 3.72. The molecule has 14 heavy (non-hydrogen) atoms. The minimum absolute atomic E-state index is 0.244. The van der Waals surface area contributed by atoms with Gasteiger partial charge in [0.25, 0.3) is 0 Å². The van der Waals surface area contributed by atoms with Crippen LogP contribution >= 0.6 is 34.2 Å². The number of carbonyl (C=O) groups is 1. The summed E-state index contributed by atoms with van der Waals surface area (Å²) in [5, 5.41) is 9.03. The van der Waals surface area contributed by atoms with Crippen LogP contribution in [0.2, 0.25) is 5.02 Å². The van der Waals surface area contributed by atoms with Gasteiger partial charge in [-0.15, -0.1) is 0 Å². The Morgan fingerprint density at radius 1 is 1.64 bits per heavy atom. The van der Waals surface area contributed by atoms with Crippen LogP contribution in [-0.4, -0.2) is 13.1 Å². The van der Waals surface area contributed by atoms with Crippen molar-refractivity contribution in [3.63, 3.8) is 0 Å². The zero-order valence-corrected chi connectivity index (χ0v) is 10.1. The molecule has 0 aliphatic carbocycles. The number of halogens is 2. The highest BCUT2D eigenvalue weighted by Crippen LogP contribution is 2.25. The zero-order valence-electron chi connectivity index (χ0n) is 7.17. The quantitative estimate of drug-likeness (QED) is 0.590. The molecule has 0 saturated heterocycles. The van der Waals surface area contributed by atoms with Crippen molar-refractivity contribution in [2.75, 3.05) is 7.11 Å². The molecule has 1 aromatic carbocycles. The van der Waals surface area contributed by atoms with Gasteiger partial charge in [0, 0.05) is 3.57 Å². The van der Waals surface area contributed by atoms with Crippen LogP contribution in [0.4, 0.5) is 0 Å². The van der Waals surface area contributed by atoms with Gasteiger partial charge in [0.15, 0.2) is 0 Å². The van der Waals surface area contributed by atoms with Gasteiger partial charge >= 0.3 is 5.97 Å². The smallest absolute Gasteiger partial charge is 0.340 e. The highest BCUT2D eigenvalue weighted by molar-refractivity contribution is 14.1. The van der Waals surface area contributed by atoms with Gasteiger partial charge in [-0.25, -0.2) is 4.79 Å². The van der Waals surface area contributed by atoms with Gasteiger partial charge in [-0.3, -0.25) is 0 Å². The van der Waals surface area contributed by atoms with Crippen LogP contribution in [0.5, 0.6) is 0 Å². The molecule has 0 saturated carbocycles. The van der Waals surface area contributed by atoms with Crippen LogP contribution in [0, 0.1) is 14.9 Å². The number of nitrogens with zero attached hydrogens (tertiary/aromatic N) is 1. The van der Waals surface area contributed by atoms with E-state index in [0.717, 1.165) is 0 Å². The Hall–Kier alpha value is -0.800. The Morgan fingerprint density at radius 3 is 2.79 bits per heavy atom. The molecule has 0 aromatic heterocycles. The van der Waals surface area contributed by atoms with Crippen LogP contribution < -0.4 is 0 Å². The maximum atomic E-state index is 11.3. The monoisotopic (exact) mass is 321 g/mol. The lowest BCUT2D eigenvalue weighted by Crippen LogP contribution is -2.06. The second-order valence-electron chi connectivity index (χ2n) is 2.39. The van der Waals surface area contributed by atoms with E-state index in [9.17, 15) is 4.79 Å². The van der Waals surface area contributed by atoms with E-state index in [1.165, 1.54) is 13.2 Å². The van der Waals surface area contributed by atoms with Gasteiger partial charge in [0.2, 0.25) is 0 Å². The molecule has 1 rings (SSSR count). The fourth-order valence-corrected chi connectivity index (χ4v) is 2.13. The molecule has 3 nitrogen and oxygen atoms in total. The average Bonchev–Trinajstić information content (AvgIpc) is 2.18. The van der Waals surface area contributed by atoms with Crippen molar-refractivity contribution in [1.29, 1.82) is 5.26 Å². The molecule has 0 amide bonds. The lowest BCUT2D eigenvalue weighted by molar-refractivity contribution is 0.0599. The molecule has 0 aliphatic heterocycles. The molecule has 72 valence electrons. The summed E-state index contributed by atoms with van der Waals surface area (Å²) in [5.74, 6) is -0.531. The van der Waals surface area contributed by atoms with E-state index >= 15 is 0 Å². The number of rotatable bonds is 1. The van der Waals surface area contributed by atoms with E-state index in [2.05, 4.69) is 4.74 Å². The molecule has 0 spiro atoms. The number of hydrogen-bond acceptors (Lipinski definition) is 3. The third kappa shape index (κ3) is 1.99. The minimum Gasteiger partial charge on any atom is -0.465 e. The number of nitriles is 1. The SMILES string of the molecule is COC(=O)c1c(Cl)ccc(C#N)c1I. The zero-order chi connectivity index (χ0) is 10.7. The summed E-state index contributed by atoms with van der Waals surface area (Å²) in [6.07, 6.45) is 0. The minimum atomic E-state index is -0.531. The number of carbonyl (C=O) groups excluding carboxylic acids is 1. The van der Waals surface area contributed by atoms with Gasteiger partial charge in [-0.1, -0.05) is 11.6 Å². The third-order valence-corrected chi connectivity index (χ3v) is 3.04. The number of esters is 1. The fraction of sp³-hybridized carbons (Fsp3) is 0.111. The number of benzene rings is 1. The molecule has 0 radical (unpaired) electrons. The maximum absolute atomic E-state index is 11.3. The first-order valence-corrected chi connectivity index (χ1v) is 5.04. The molecule has 1 aromatic rings. The summed E-state index contributed by atoms with van der Waals surface area (Å²) in [6.45, 7) is 0. The third-order valence-electron chi connectivity index (χ3n) is 1.60. The van der Waals surface area contributed by atoms with E-state index in [1.807, 2.05) is 28.7 Å². The number of methoxy groups -OCH3 is 1. The number of ether oxygens (including phenoxy) is 1. The summed E-state index contributed by atoms with van der Waals surface area (Å²) in [4.78, 5) is 11.3. The van der Waals surface area contributed by atoms with Gasteiger partial charge in [-0.2, -0.15) is 5.26 Å². The predicted octanol–water partition coefficient (Wildman–Crippen LogP) is 2.60. The van der Waals surface area contributed by atoms with Crippen LogP contribution in [0.1, 0.15) is 15.9 Å². The molecule has 0 aliphatic rings. The first-order valence-electron chi connectivity index (χ1n) is 3.58. The lowest BCUT2D eigenvalue weighted by Gasteiger charge is -2.05. The van der Waals surface area contributed by atoms with Crippen molar-refractivity contribution < 1.29 is 9.53 Å². The largest absolute Gasteiger partial charge is 0.465 e. The van der Waals surface area contributed by atoms with E-state index in [-0.39, 0.29) is 5.56 Å². The van der Waals surface area contributed by atoms with Gasteiger partial charge < -0.3 is 4.74 Å². The molecule has 0 atom stereocenters. The predicted molar refractivity (Wildman–Crippen MR) is 60.2 cm³/mol. The normalized spacial score (nSPS) is 9.29. The van der Waals surface area contributed by atoms with Crippen molar-refractivity contribution >= 4 is 40.2 Å². The van der Waals surface area contributed by atoms with Crippen molar-refractivity contribution in [1.82, 2.24) is 0 Å². The van der Waals surface area contributed by atoms with E-state index in [1.54, 1.807) is 6.07 Å². The Labute approximate surface area is 99.8 Å². The molecule has 0 bridgehead atoms. The molecule has 0 heterocycles. The van der Waals surface area contributed by atoms with Gasteiger partial charge in [-0.05, 0) is 34.7 Å². The molecule has 0 N–H and O–H groups in total. The van der Waals surface area contributed by atoms with E-state index in [4.69, 9.17) is 16.9 Å². The molecule has 0 unspecified atom stereocenters. The van der Waals surface area contributed by atoms with E-state index < -0.39 is 5.97 Å². The topological polar surface area (TPSA) is 50.1 Å². The first kappa shape index (κ1) is 11.3. The summed E-state index contributed by atoms with van der Waals surface area (Å²) < 4.78 is 5.08. The van der Waals surface area contributed by atoms with E-state index in [0.29, 0.717) is 14.2 Å².